The first-order valence-electron chi connectivity index (χ1n) is 7.49. The fourth-order valence-corrected chi connectivity index (χ4v) is 2.63. The van der Waals surface area contributed by atoms with Crippen LogP contribution in [-0.2, 0) is 4.79 Å². The van der Waals surface area contributed by atoms with E-state index in [0.29, 0.717) is 18.4 Å². The third kappa shape index (κ3) is 3.30. The molecule has 1 aromatic carbocycles. The van der Waals surface area contributed by atoms with Crippen LogP contribution in [0.5, 0.6) is 0 Å². The first-order valence-corrected chi connectivity index (χ1v) is 7.49. The molecule has 0 bridgehead atoms. The number of amides is 1. The third-order valence-electron chi connectivity index (χ3n) is 4.14. The molecule has 2 aromatic rings. The highest BCUT2D eigenvalue weighted by Gasteiger charge is 2.45. The summed E-state index contributed by atoms with van der Waals surface area (Å²) in [6.07, 6.45) is 4.14. The van der Waals surface area contributed by atoms with E-state index in [2.05, 4.69) is 16.4 Å². The molecule has 1 aliphatic carbocycles. The fourth-order valence-electron chi connectivity index (χ4n) is 2.63. The van der Waals surface area contributed by atoms with Crippen LogP contribution in [0.3, 0.4) is 0 Å². The average Bonchev–Trinajstić information content (AvgIpc) is 3.28. The molecule has 1 unspecified atom stereocenters. The van der Waals surface area contributed by atoms with Gasteiger partial charge in [0.1, 0.15) is 11.7 Å². The largest absolute Gasteiger partial charge is 0.335 e. The molecular formula is C17H17FN4O. The van der Waals surface area contributed by atoms with Crippen LogP contribution in [0.4, 0.5) is 4.39 Å². The number of alkyl halides is 1. The number of halogens is 1. The van der Waals surface area contributed by atoms with Crippen molar-refractivity contribution in [2.24, 2.45) is 5.73 Å². The second kappa shape index (κ2) is 5.94. The van der Waals surface area contributed by atoms with Crippen LogP contribution in [-0.4, -0.2) is 22.6 Å². The Labute approximate surface area is 133 Å². The predicted molar refractivity (Wildman–Crippen MR) is 83.9 cm³/mol. The zero-order valence-corrected chi connectivity index (χ0v) is 12.5. The summed E-state index contributed by atoms with van der Waals surface area (Å²) in [6, 6.07) is 7.70. The summed E-state index contributed by atoms with van der Waals surface area (Å²) in [7, 11) is 0. The van der Waals surface area contributed by atoms with Gasteiger partial charge in [0.15, 0.2) is 0 Å². The predicted octanol–water partition coefficient (Wildman–Crippen LogP) is 2.14. The maximum Gasteiger partial charge on any atom is 0.238 e. The van der Waals surface area contributed by atoms with Crippen molar-refractivity contribution in [3.63, 3.8) is 0 Å². The van der Waals surface area contributed by atoms with E-state index in [0.717, 1.165) is 10.8 Å². The van der Waals surface area contributed by atoms with Crippen molar-refractivity contribution < 1.29 is 9.18 Å². The van der Waals surface area contributed by atoms with E-state index in [1.807, 2.05) is 24.3 Å². The number of nitrogens with zero attached hydrogens (tertiary/aromatic N) is 2. The lowest BCUT2D eigenvalue weighted by molar-refractivity contribution is -0.123. The van der Waals surface area contributed by atoms with Gasteiger partial charge in [0, 0.05) is 29.8 Å². The molecule has 1 aliphatic rings. The minimum atomic E-state index is -1.31. The van der Waals surface area contributed by atoms with Gasteiger partial charge < -0.3 is 11.1 Å². The maximum atomic E-state index is 13.7. The molecule has 1 heterocycles. The first kappa shape index (κ1) is 15.4. The lowest BCUT2D eigenvalue weighted by Gasteiger charge is -2.18. The lowest BCUT2D eigenvalue weighted by Crippen LogP contribution is -2.43. The van der Waals surface area contributed by atoms with Crippen molar-refractivity contribution >= 4 is 16.7 Å². The molecule has 2 atom stereocenters. The molecule has 5 nitrogen and oxygen atoms in total. The number of hydrogen-bond acceptors (Lipinski definition) is 4. The van der Waals surface area contributed by atoms with Gasteiger partial charge in [0.2, 0.25) is 5.91 Å². The number of carbonyl (C=O) groups excluding carboxylic acids is 1. The minimum Gasteiger partial charge on any atom is -0.335 e. The molecule has 3 N–H and O–H groups in total. The van der Waals surface area contributed by atoms with Crippen molar-refractivity contribution in [1.82, 2.24) is 10.3 Å². The highest BCUT2D eigenvalue weighted by molar-refractivity contribution is 5.87. The van der Waals surface area contributed by atoms with E-state index < -0.39 is 23.7 Å². The molecule has 1 aromatic heterocycles. The van der Waals surface area contributed by atoms with Crippen LogP contribution in [0, 0.1) is 11.3 Å². The Kier molecular flexibility index (Phi) is 3.97. The summed E-state index contributed by atoms with van der Waals surface area (Å²) in [5.74, 6) is -0.520. The number of benzene rings is 1. The highest BCUT2D eigenvalue weighted by atomic mass is 19.1. The van der Waals surface area contributed by atoms with Crippen LogP contribution in [0.2, 0.25) is 0 Å². The number of hydrogen-bond donors (Lipinski definition) is 2. The smallest absolute Gasteiger partial charge is 0.238 e. The van der Waals surface area contributed by atoms with Gasteiger partial charge in [-0.25, -0.2) is 4.39 Å². The van der Waals surface area contributed by atoms with Crippen LogP contribution < -0.4 is 11.1 Å². The Balaban J connectivity index is 1.79. The van der Waals surface area contributed by atoms with Gasteiger partial charge in [-0.05, 0) is 18.2 Å². The fraction of sp³-hybridized carbons (Fsp3) is 0.353. The summed E-state index contributed by atoms with van der Waals surface area (Å²) in [4.78, 5) is 16.3. The van der Waals surface area contributed by atoms with Gasteiger partial charge in [0.05, 0.1) is 12.1 Å². The number of aromatic nitrogens is 1. The molecule has 23 heavy (non-hydrogen) atoms. The molecule has 1 fully saturated rings. The maximum absolute atomic E-state index is 13.7. The Morgan fingerprint density at radius 1 is 1.43 bits per heavy atom. The number of carbonyl (C=O) groups is 1. The van der Waals surface area contributed by atoms with E-state index in [-0.39, 0.29) is 6.42 Å². The van der Waals surface area contributed by atoms with Crippen LogP contribution in [0.15, 0.2) is 36.7 Å². The quantitative estimate of drug-likeness (QED) is 0.884. The SMILES string of the molecule is N#CC(NC(=O)[C@@H](N)CC1(F)CC1)c1cncc2ccccc12. The van der Waals surface area contributed by atoms with Gasteiger partial charge in [-0.15, -0.1) is 0 Å². The number of pyridine rings is 1. The molecule has 0 radical (unpaired) electrons. The number of nitriles is 1. The topological polar surface area (TPSA) is 91.8 Å². The summed E-state index contributed by atoms with van der Waals surface area (Å²) in [6.45, 7) is 0. The van der Waals surface area contributed by atoms with Gasteiger partial charge in [-0.1, -0.05) is 24.3 Å². The van der Waals surface area contributed by atoms with Crippen molar-refractivity contribution in [3.8, 4) is 6.07 Å². The molecule has 0 spiro atoms. The van der Waals surface area contributed by atoms with E-state index in [1.54, 1.807) is 12.4 Å². The summed E-state index contributed by atoms with van der Waals surface area (Å²) in [5.41, 5.74) is 5.06. The lowest BCUT2D eigenvalue weighted by atomic mass is 10.0. The highest BCUT2D eigenvalue weighted by Crippen LogP contribution is 2.43. The molecule has 6 heteroatoms. The third-order valence-corrected chi connectivity index (χ3v) is 4.14. The number of nitrogens with one attached hydrogen (secondary N) is 1. The van der Waals surface area contributed by atoms with Crippen molar-refractivity contribution in [1.29, 1.82) is 5.26 Å². The molecule has 1 saturated carbocycles. The Morgan fingerprint density at radius 2 is 2.17 bits per heavy atom. The van der Waals surface area contributed by atoms with Gasteiger partial charge in [-0.2, -0.15) is 5.26 Å². The summed E-state index contributed by atoms with van der Waals surface area (Å²) in [5, 5.41) is 13.7. The molecule has 1 amide bonds. The Bertz CT molecular complexity index is 776. The van der Waals surface area contributed by atoms with Crippen molar-refractivity contribution in [2.45, 2.75) is 37.0 Å². The molecule has 0 saturated heterocycles. The van der Waals surface area contributed by atoms with Crippen molar-refractivity contribution in [2.75, 3.05) is 0 Å². The minimum absolute atomic E-state index is 0.00916. The monoisotopic (exact) mass is 312 g/mol. The normalized spacial score (nSPS) is 18.0. The molecular weight excluding hydrogens is 295 g/mol. The Morgan fingerprint density at radius 3 is 2.87 bits per heavy atom. The number of fused-ring (bicyclic) bond motifs is 1. The van der Waals surface area contributed by atoms with Gasteiger partial charge in [-0.3, -0.25) is 9.78 Å². The van der Waals surface area contributed by atoms with E-state index in [9.17, 15) is 14.4 Å². The zero-order chi connectivity index (χ0) is 16.4. The van der Waals surface area contributed by atoms with Crippen LogP contribution in [0.1, 0.15) is 30.9 Å². The number of nitrogens with two attached hydrogens (primary N) is 1. The summed E-state index contributed by atoms with van der Waals surface area (Å²) < 4.78 is 13.7. The number of rotatable bonds is 5. The zero-order valence-electron chi connectivity index (χ0n) is 12.5. The van der Waals surface area contributed by atoms with E-state index >= 15 is 0 Å². The van der Waals surface area contributed by atoms with Crippen LogP contribution >= 0.6 is 0 Å². The standard InChI is InChI=1S/C17H17FN4O/c18-17(5-6-17)7-14(20)16(23)22-15(8-19)13-10-21-9-11-3-1-2-4-12(11)13/h1-4,9-10,14-15H,5-7,20H2,(H,22,23)/t14-,15?/m0/s1. The molecule has 118 valence electrons. The molecule has 3 rings (SSSR count). The molecule has 0 aliphatic heterocycles. The van der Waals surface area contributed by atoms with Crippen molar-refractivity contribution in [3.05, 3.63) is 42.2 Å². The summed E-state index contributed by atoms with van der Waals surface area (Å²) >= 11 is 0. The van der Waals surface area contributed by atoms with Gasteiger partial charge >= 0.3 is 0 Å². The van der Waals surface area contributed by atoms with E-state index in [1.165, 1.54) is 0 Å². The average molecular weight is 312 g/mol. The second-order valence-corrected chi connectivity index (χ2v) is 5.98. The van der Waals surface area contributed by atoms with E-state index in [4.69, 9.17) is 5.73 Å². The van der Waals surface area contributed by atoms with Crippen LogP contribution in [0.25, 0.3) is 10.8 Å². The first-order chi connectivity index (χ1) is 11.0. The van der Waals surface area contributed by atoms with Gasteiger partial charge in [0.25, 0.3) is 0 Å². The Hall–Kier alpha value is -2.52. The second-order valence-electron chi connectivity index (χ2n) is 5.98.